The number of aryl methyl sites for hydroxylation is 3. The maximum absolute atomic E-state index is 12.9. The van der Waals surface area contributed by atoms with E-state index in [0.717, 1.165) is 18.7 Å². The number of nitrogens with zero attached hydrogens (tertiary/aromatic N) is 5. The number of carbonyl (C=O) groups excluding carboxylic acids is 2. The van der Waals surface area contributed by atoms with Crippen molar-refractivity contribution < 1.29 is 14.1 Å². The van der Waals surface area contributed by atoms with E-state index in [-0.39, 0.29) is 29.7 Å². The van der Waals surface area contributed by atoms with Gasteiger partial charge < -0.3 is 14.7 Å². The van der Waals surface area contributed by atoms with Gasteiger partial charge in [-0.2, -0.15) is 10.1 Å². The van der Waals surface area contributed by atoms with Crippen LogP contribution in [0.25, 0.3) is 0 Å². The topological polar surface area (TPSA) is 106 Å². The summed E-state index contributed by atoms with van der Waals surface area (Å²) >= 11 is 0. The van der Waals surface area contributed by atoms with Crippen molar-refractivity contribution in [1.29, 1.82) is 0 Å². The molecule has 9 heteroatoms. The molecule has 3 heterocycles. The number of likely N-dealkylation sites (tertiary alicyclic amines) is 1. The van der Waals surface area contributed by atoms with Crippen LogP contribution in [0.15, 0.2) is 10.7 Å². The van der Waals surface area contributed by atoms with E-state index < -0.39 is 5.41 Å². The first-order valence-electron chi connectivity index (χ1n) is 10.7. The fourth-order valence-corrected chi connectivity index (χ4v) is 5.01. The fraction of sp³-hybridized carbons (Fsp3) is 0.667. The van der Waals surface area contributed by atoms with Gasteiger partial charge in [0.15, 0.2) is 5.82 Å². The van der Waals surface area contributed by atoms with Gasteiger partial charge in [-0.15, -0.1) is 0 Å². The van der Waals surface area contributed by atoms with Gasteiger partial charge in [-0.3, -0.25) is 14.3 Å². The van der Waals surface area contributed by atoms with Crippen LogP contribution in [0.5, 0.6) is 0 Å². The lowest BCUT2D eigenvalue weighted by atomic mass is 9.80. The van der Waals surface area contributed by atoms with Gasteiger partial charge in [0.25, 0.3) is 5.91 Å². The minimum atomic E-state index is -0.410. The summed E-state index contributed by atoms with van der Waals surface area (Å²) in [7, 11) is 0. The Kier molecular flexibility index (Phi) is 5.15. The van der Waals surface area contributed by atoms with Crippen molar-refractivity contribution in [2.24, 2.45) is 11.8 Å². The van der Waals surface area contributed by atoms with Crippen LogP contribution in [0.3, 0.4) is 0 Å². The van der Waals surface area contributed by atoms with Crippen LogP contribution in [0, 0.1) is 25.7 Å². The molecule has 2 aromatic heterocycles. The molecule has 4 rings (SSSR count). The molecule has 0 radical (unpaired) electrons. The van der Waals surface area contributed by atoms with Gasteiger partial charge in [-0.25, -0.2) is 0 Å². The SMILES string of the molecule is CCn1cc(C(=O)NC2CC3CN(C(=O)C(C)C)CC3(c3nc(C)no3)C2)c(C)n1. The first kappa shape index (κ1) is 20.6. The van der Waals surface area contributed by atoms with Crippen molar-refractivity contribution >= 4 is 11.8 Å². The first-order valence-corrected chi connectivity index (χ1v) is 10.7. The molecule has 0 spiro atoms. The minimum absolute atomic E-state index is 0.0182. The smallest absolute Gasteiger partial charge is 0.254 e. The summed E-state index contributed by atoms with van der Waals surface area (Å²) in [5, 5.41) is 11.5. The predicted molar refractivity (Wildman–Crippen MR) is 109 cm³/mol. The van der Waals surface area contributed by atoms with Gasteiger partial charge >= 0.3 is 0 Å². The summed E-state index contributed by atoms with van der Waals surface area (Å²) in [6, 6.07) is -0.0182. The molecule has 162 valence electrons. The third kappa shape index (κ3) is 3.40. The maximum Gasteiger partial charge on any atom is 0.254 e. The van der Waals surface area contributed by atoms with Crippen LogP contribution in [0.1, 0.15) is 61.4 Å². The Morgan fingerprint density at radius 2 is 2.13 bits per heavy atom. The molecule has 0 aromatic carbocycles. The highest BCUT2D eigenvalue weighted by Gasteiger charge is 2.58. The Morgan fingerprint density at radius 3 is 2.73 bits per heavy atom. The molecule has 2 amide bonds. The molecule has 1 saturated heterocycles. The highest BCUT2D eigenvalue weighted by Crippen LogP contribution is 2.50. The van der Waals surface area contributed by atoms with Crippen molar-refractivity contribution in [3.8, 4) is 0 Å². The van der Waals surface area contributed by atoms with Gasteiger partial charge in [0.1, 0.15) is 0 Å². The zero-order valence-electron chi connectivity index (χ0n) is 18.3. The quantitative estimate of drug-likeness (QED) is 0.800. The van der Waals surface area contributed by atoms with Crippen molar-refractivity contribution in [1.82, 2.24) is 30.1 Å². The molecule has 2 aliphatic rings. The summed E-state index contributed by atoms with van der Waals surface area (Å²) in [5.41, 5.74) is 0.920. The number of nitrogens with one attached hydrogen (secondary N) is 1. The average molecular weight is 415 g/mol. The largest absolute Gasteiger partial charge is 0.349 e. The van der Waals surface area contributed by atoms with Gasteiger partial charge in [0.05, 0.1) is 16.7 Å². The number of hydrogen-bond acceptors (Lipinski definition) is 6. The minimum Gasteiger partial charge on any atom is -0.349 e. The van der Waals surface area contributed by atoms with Crippen molar-refractivity contribution in [3.63, 3.8) is 0 Å². The zero-order valence-corrected chi connectivity index (χ0v) is 18.3. The van der Waals surface area contributed by atoms with Crippen LogP contribution in [-0.4, -0.2) is 55.8 Å². The summed E-state index contributed by atoms with van der Waals surface area (Å²) < 4.78 is 7.36. The molecule has 1 aliphatic heterocycles. The van der Waals surface area contributed by atoms with Crippen molar-refractivity contribution in [2.45, 2.75) is 65.5 Å². The normalized spacial score (nSPS) is 25.7. The number of carbonyl (C=O) groups is 2. The molecule has 0 bridgehead atoms. The third-order valence-electron chi connectivity index (χ3n) is 6.48. The van der Waals surface area contributed by atoms with Crippen LogP contribution in [-0.2, 0) is 16.8 Å². The van der Waals surface area contributed by atoms with Gasteiger partial charge in [-0.05, 0) is 39.5 Å². The zero-order chi connectivity index (χ0) is 21.6. The standard InChI is InChI=1S/C21H30N6O3/c1-6-27-10-17(13(4)24-27)18(28)23-16-7-15-9-26(19(29)12(2)3)11-21(15,8-16)20-22-14(5)25-30-20/h10,12,15-16H,6-9,11H2,1-5H3,(H,23,28). The van der Waals surface area contributed by atoms with E-state index in [4.69, 9.17) is 4.52 Å². The Labute approximate surface area is 176 Å². The lowest BCUT2D eigenvalue weighted by Gasteiger charge is -2.26. The molecule has 1 aliphatic carbocycles. The van der Waals surface area contributed by atoms with E-state index in [1.54, 1.807) is 17.8 Å². The second-order valence-corrected chi connectivity index (χ2v) is 8.97. The van der Waals surface area contributed by atoms with Gasteiger partial charge in [0.2, 0.25) is 11.8 Å². The summed E-state index contributed by atoms with van der Waals surface area (Å²) in [6.45, 7) is 11.4. The molecule has 1 saturated carbocycles. The summed E-state index contributed by atoms with van der Waals surface area (Å²) in [4.78, 5) is 32.0. The Morgan fingerprint density at radius 1 is 1.37 bits per heavy atom. The number of fused-ring (bicyclic) bond motifs is 1. The Bertz CT molecular complexity index is 964. The maximum atomic E-state index is 12.9. The molecule has 2 fully saturated rings. The highest BCUT2D eigenvalue weighted by molar-refractivity contribution is 5.95. The van der Waals surface area contributed by atoms with Crippen molar-refractivity contribution in [2.75, 3.05) is 13.1 Å². The molecule has 3 atom stereocenters. The van der Waals surface area contributed by atoms with E-state index >= 15 is 0 Å². The molecule has 2 aromatic rings. The third-order valence-corrected chi connectivity index (χ3v) is 6.48. The van der Waals surface area contributed by atoms with Crippen LogP contribution >= 0.6 is 0 Å². The van der Waals surface area contributed by atoms with Gasteiger partial charge in [-0.1, -0.05) is 19.0 Å². The molecular formula is C21H30N6O3. The van der Waals surface area contributed by atoms with E-state index in [9.17, 15) is 9.59 Å². The number of aromatic nitrogens is 4. The van der Waals surface area contributed by atoms with Crippen LogP contribution < -0.4 is 5.32 Å². The van der Waals surface area contributed by atoms with Crippen molar-refractivity contribution in [3.05, 3.63) is 29.2 Å². The number of hydrogen-bond donors (Lipinski definition) is 1. The molecule has 30 heavy (non-hydrogen) atoms. The molecule has 3 unspecified atom stereocenters. The lowest BCUT2D eigenvalue weighted by Crippen LogP contribution is -2.40. The average Bonchev–Trinajstić information content (AvgIpc) is 3.43. The van der Waals surface area contributed by atoms with Crippen LogP contribution in [0.2, 0.25) is 0 Å². The van der Waals surface area contributed by atoms with Gasteiger partial charge in [0, 0.05) is 37.8 Å². The molecular weight excluding hydrogens is 384 g/mol. The number of rotatable bonds is 5. The highest BCUT2D eigenvalue weighted by atomic mass is 16.5. The fourth-order valence-electron chi connectivity index (χ4n) is 5.01. The first-order chi connectivity index (χ1) is 14.2. The van der Waals surface area contributed by atoms with E-state index in [0.29, 0.717) is 36.8 Å². The van der Waals surface area contributed by atoms with Crippen LogP contribution in [0.4, 0.5) is 0 Å². The Balaban J connectivity index is 1.55. The predicted octanol–water partition coefficient (Wildman–Crippen LogP) is 1.85. The van der Waals surface area contributed by atoms with E-state index in [1.807, 2.05) is 32.6 Å². The monoisotopic (exact) mass is 414 g/mol. The van der Waals surface area contributed by atoms with E-state index in [1.165, 1.54) is 0 Å². The second kappa shape index (κ2) is 7.52. The summed E-state index contributed by atoms with van der Waals surface area (Å²) in [6.07, 6.45) is 3.24. The van der Waals surface area contributed by atoms with E-state index in [2.05, 4.69) is 20.6 Å². The summed E-state index contributed by atoms with van der Waals surface area (Å²) in [5.74, 6) is 1.31. The number of amides is 2. The Hall–Kier alpha value is -2.71. The lowest BCUT2D eigenvalue weighted by molar-refractivity contribution is -0.133. The molecule has 1 N–H and O–H groups in total. The molecule has 9 nitrogen and oxygen atoms in total. The second-order valence-electron chi connectivity index (χ2n) is 8.97.